The first-order valence-corrected chi connectivity index (χ1v) is 16.9. The minimum absolute atomic E-state index is 0.0145. The van der Waals surface area contributed by atoms with E-state index in [4.69, 9.17) is 9.47 Å². The monoisotopic (exact) mass is 655 g/mol. The van der Waals surface area contributed by atoms with Crippen LogP contribution in [0.25, 0.3) is 0 Å². The summed E-state index contributed by atoms with van der Waals surface area (Å²) < 4.78 is 10.5. The third kappa shape index (κ3) is 7.06. The molecular formula is C30H46BrN3O6S. The maximum Gasteiger partial charge on any atom is 0.310 e. The Morgan fingerprint density at radius 2 is 1.93 bits per heavy atom. The summed E-state index contributed by atoms with van der Waals surface area (Å²) in [6.07, 6.45) is 8.87. The van der Waals surface area contributed by atoms with E-state index in [0.29, 0.717) is 58.7 Å². The van der Waals surface area contributed by atoms with Gasteiger partial charge in [0.25, 0.3) is 0 Å². The first-order chi connectivity index (χ1) is 19.9. The van der Waals surface area contributed by atoms with Gasteiger partial charge in [-0.25, -0.2) is 0 Å². The number of morpholine rings is 1. The van der Waals surface area contributed by atoms with Gasteiger partial charge in [0.2, 0.25) is 11.8 Å². The number of ether oxygens (including phenoxy) is 2. The van der Waals surface area contributed by atoms with Gasteiger partial charge in [0.05, 0.1) is 36.4 Å². The average molecular weight is 657 g/mol. The molecule has 0 saturated carbocycles. The van der Waals surface area contributed by atoms with Crippen molar-refractivity contribution in [1.82, 2.24) is 14.7 Å². The number of likely N-dealkylation sites (tertiary alicyclic amines) is 1. The number of fused-ring (bicyclic) bond motifs is 1. The Bertz CT molecular complexity index is 949. The SMILES string of the molecule is C=CCCCCOC(=O)[C@H]1[C@H]2C(=O)N(CCCCCO)C(C(=O)N(CC=C)CCN3CCOCC3)C23CC(Br)[C@@H]1S3. The standard InChI is InChI=1S/C30H46BrN3O6S/c1-3-5-6-10-18-40-29(38)23-24-27(36)34(12-8-7-9-17-35)26(30(24)21-22(31)25(23)41-30)28(37)33(11-4-2)14-13-32-15-19-39-20-16-32/h3-4,22-26,35H,1-2,5-21H2/t22?,23-,24-,25-,26?,30?/m0/s1. The summed E-state index contributed by atoms with van der Waals surface area (Å²) in [5, 5.41) is 9.17. The van der Waals surface area contributed by atoms with Crippen LogP contribution >= 0.6 is 27.7 Å². The van der Waals surface area contributed by atoms with Crippen molar-refractivity contribution in [2.45, 2.75) is 65.8 Å². The Kier molecular flexibility index (Phi) is 12.2. The first kappa shape index (κ1) is 32.5. The zero-order valence-corrected chi connectivity index (χ0v) is 26.5. The molecule has 9 nitrogen and oxygen atoms in total. The van der Waals surface area contributed by atoms with Gasteiger partial charge in [-0.2, -0.15) is 0 Å². The molecule has 3 unspecified atom stereocenters. The predicted molar refractivity (Wildman–Crippen MR) is 164 cm³/mol. The summed E-state index contributed by atoms with van der Waals surface area (Å²) in [4.78, 5) is 48.1. The number of carbonyl (C=O) groups is 3. The number of thioether (sulfide) groups is 1. The molecule has 4 heterocycles. The van der Waals surface area contributed by atoms with Crippen LogP contribution < -0.4 is 0 Å². The van der Waals surface area contributed by atoms with Gasteiger partial charge < -0.3 is 24.4 Å². The summed E-state index contributed by atoms with van der Waals surface area (Å²) >= 11 is 5.47. The van der Waals surface area contributed by atoms with Gasteiger partial charge in [0.1, 0.15) is 6.04 Å². The number of aliphatic hydroxyl groups is 1. The van der Waals surface area contributed by atoms with E-state index in [0.717, 1.165) is 45.3 Å². The van der Waals surface area contributed by atoms with Crippen molar-refractivity contribution < 1.29 is 29.0 Å². The van der Waals surface area contributed by atoms with Gasteiger partial charge >= 0.3 is 5.97 Å². The summed E-state index contributed by atoms with van der Waals surface area (Å²) in [6, 6.07) is -0.654. The number of rotatable bonds is 17. The van der Waals surface area contributed by atoms with Crippen LogP contribution in [0.15, 0.2) is 25.3 Å². The molecule has 2 bridgehead atoms. The van der Waals surface area contributed by atoms with Crippen molar-refractivity contribution in [1.29, 1.82) is 0 Å². The zero-order valence-electron chi connectivity index (χ0n) is 24.1. The van der Waals surface area contributed by atoms with Gasteiger partial charge in [0, 0.05) is 56.0 Å². The van der Waals surface area contributed by atoms with E-state index in [1.165, 1.54) is 0 Å². The molecule has 4 aliphatic rings. The van der Waals surface area contributed by atoms with E-state index in [2.05, 4.69) is 34.0 Å². The highest BCUT2D eigenvalue weighted by Crippen LogP contribution is 2.68. The van der Waals surface area contributed by atoms with Crippen LogP contribution in [-0.2, 0) is 23.9 Å². The molecule has 4 aliphatic heterocycles. The highest BCUT2D eigenvalue weighted by molar-refractivity contribution is 9.09. The third-order valence-corrected chi connectivity index (χ3v) is 12.1. The Morgan fingerprint density at radius 3 is 2.63 bits per heavy atom. The number of unbranched alkanes of at least 4 members (excludes halogenated alkanes) is 4. The molecule has 0 radical (unpaired) electrons. The molecule has 1 spiro atoms. The third-order valence-electron chi connectivity index (χ3n) is 8.85. The minimum Gasteiger partial charge on any atom is -0.465 e. The summed E-state index contributed by atoms with van der Waals surface area (Å²) in [7, 11) is 0. The van der Waals surface area contributed by atoms with Crippen molar-refractivity contribution in [2.75, 3.05) is 65.7 Å². The normalized spacial score (nSPS) is 30.8. The van der Waals surface area contributed by atoms with E-state index < -0.39 is 22.6 Å². The number of halogens is 1. The molecule has 11 heteroatoms. The second-order valence-corrected chi connectivity index (χ2v) is 14.2. The Morgan fingerprint density at radius 1 is 1.15 bits per heavy atom. The van der Waals surface area contributed by atoms with Gasteiger partial charge in [-0.1, -0.05) is 28.1 Å². The Labute approximate surface area is 257 Å². The number of hydrogen-bond acceptors (Lipinski definition) is 8. The van der Waals surface area contributed by atoms with Crippen LogP contribution in [0.4, 0.5) is 0 Å². The number of hydrogen-bond donors (Lipinski definition) is 1. The van der Waals surface area contributed by atoms with E-state index in [1.807, 2.05) is 11.0 Å². The topological polar surface area (TPSA) is 99.6 Å². The Balaban J connectivity index is 1.57. The van der Waals surface area contributed by atoms with Crippen LogP contribution in [0.1, 0.15) is 44.9 Å². The molecule has 4 rings (SSSR count). The molecule has 0 aromatic heterocycles. The maximum atomic E-state index is 14.5. The lowest BCUT2D eigenvalue weighted by Crippen LogP contribution is -2.56. The number of amides is 2. The molecule has 230 valence electrons. The molecule has 4 saturated heterocycles. The van der Waals surface area contributed by atoms with E-state index in [1.54, 1.807) is 22.7 Å². The van der Waals surface area contributed by atoms with Gasteiger partial charge in [-0.3, -0.25) is 19.3 Å². The van der Waals surface area contributed by atoms with Crippen LogP contribution in [-0.4, -0.2) is 124 Å². The molecular weight excluding hydrogens is 610 g/mol. The van der Waals surface area contributed by atoms with E-state index in [-0.39, 0.29) is 34.5 Å². The van der Waals surface area contributed by atoms with Gasteiger partial charge in [-0.05, 0) is 44.9 Å². The molecule has 1 N–H and O–H groups in total. The van der Waals surface area contributed by atoms with Crippen molar-refractivity contribution >= 4 is 45.5 Å². The summed E-state index contributed by atoms with van der Waals surface area (Å²) in [5.41, 5.74) is 0. The van der Waals surface area contributed by atoms with Gasteiger partial charge in [-0.15, -0.1) is 24.9 Å². The first-order valence-electron chi connectivity index (χ1n) is 15.1. The van der Waals surface area contributed by atoms with Crippen molar-refractivity contribution in [3.63, 3.8) is 0 Å². The molecule has 0 aromatic carbocycles. The van der Waals surface area contributed by atoms with Crippen LogP contribution in [0, 0.1) is 11.8 Å². The number of carbonyl (C=O) groups excluding carboxylic acids is 3. The van der Waals surface area contributed by atoms with Crippen molar-refractivity contribution in [3.8, 4) is 0 Å². The van der Waals surface area contributed by atoms with Crippen LogP contribution in [0.5, 0.6) is 0 Å². The zero-order chi connectivity index (χ0) is 29.4. The quantitative estimate of drug-likeness (QED) is 0.111. The molecule has 6 atom stereocenters. The fourth-order valence-electron chi connectivity index (χ4n) is 6.86. The highest BCUT2D eigenvalue weighted by atomic mass is 79.9. The largest absolute Gasteiger partial charge is 0.465 e. The maximum absolute atomic E-state index is 14.5. The molecule has 41 heavy (non-hydrogen) atoms. The summed E-state index contributed by atoms with van der Waals surface area (Å²) in [5.74, 6) is -1.66. The van der Waals surface area contributed by atoms with Crippen LogP contribution in [0.3, 0.4) is 0 Å². The molecule has 4 fully saturated rings. The number of nitrogens with zero attached hydrogens (tertiary/aromatic N) is 3. The smallest absolute Gasteiger partial charge is 0.310 e. The summed E-state index contributed by atoms with van der Waals surface area (Å²) in [6.45, 7) is 13.2. The molecule has 0 aliphatic carbocycles. The minimum atomic E-state index is -0.686. The lowest BCUT2D eigenvalue weighted by Gasteiger charge is -2.38. The highest BCUT2D eigenvalue weighted by Gasteiger charge is 2.76. The lowest BCUT2D eigenvalue weighted by atomic mass is 9.71. The van der Waals surface area contributed by atoms with E-state index in [9.17, 15) is 19.5 Å². The predicted octanol–water partition coefficient (Wildman–Crippen LogP) is 2.86. The fourth-order valence-corrected chi connectivity index (χ4v) is 10.5. The Hall–Kier alpha value is -1.40. The molecule has 0 aromatic rings. The number of alkyl halides is 1. The lowest BCUT2D eigenvalue weighted by molar-refractivity contribution is -0.154. The fraction of sp³-hybridized carbons (Fsp3) is 0.767. The molecule has 2 amide bonds. The van der Waals surface area contributed by atoms with Crippen molar-refractivity contribution in [3.05, 3.63) is 25.3 Å². The van der Waals surface area contributed by atoms with Crippen molar-refractivity contribution in [2.24, 2.45) is 11.8 Å². The van der Waals surface area contributed by atoms with Crippen LogP contribution in [0.2, 0.25) is 0 Å². The second-order valence-electron chi connectivity index (χ2n) is 11.5. The average Bonchev–Trinajstić information content (AvgIpc) is 3.56. The van der Waals surface area contributed by atoms with E-state index >= 15 is 0 Å². The van der Waals surface area contributed by atoms with Gasteiger partial charge in [0.15, 0.2) is 0 Å². The second kappa shape index (κ2) is 15.4. The number of esters is 1. The number of aliphatic hydroxyl groups excluding tert-OH is 1. The number of allylic oxidation sites excluding steroid dienone is 1.